The third-order valence-corrected chi connectivity index (χ3v) is 6.42. The summed E-state index contributed by atoms with van der Waals surface area (Å²) in [7, 11) is 1.42. The van der Waals surface area contributed by atoms with Gasteiger partial charge in [-0.15, -0.1) is 0 Å². The van der Waals surface area contributed by atoms with Crippen molar-refractivity contribution in [2.75, 3.05) is 26.7 Å². The van der Waals surface area contributed by atoms with Gasteiger partial charge in [0.1, 0.15) is 0 Å². The topological polar surface area (TPSA) is 34.5 Å². The van der Waals surface area contributed by atoms with Gasteiger partial charge in [0.15, 0.2) is 0 Å². The maximum absolute atomic E-state index is 11.7. The minimum absolute atomic E-state index is 0.289. The van der Waals surface area contributed by atoms with Gasteiger partial charge in [-0.1, -0.05) is 36.8 Å². The molecule has 1 fully saturated rings. The molecule has 2 aromatic carbocycles. The number of para-hydroxylation sites is 1. The van der Waals surface area contributed by atoms with Crippen molar-refractivity contribution in [3.05, 3.63) is 70.9 Å². The van der Waals surface area contributed by atoms with Crippen LogP contribution in [0.5, 0.6) is 0 Å². The number of hydrogen-bond donors (Lipinski definition) is 0. The van der Waals surface area contributed by atoms with E-state index < -0.39 is 0 Å². The van der Waals surface area contributed by atoms with Crippen molar-refractivity contribution < 1.29 is 9.53 Å². The number of carbonyl (C=O) groups excluding carboxylic acids is 1. The third kappa shape index (κ3) is 4.44. The van der Waals surface area contributed by atoms with Gasteiger partial charge < -0.3 is 14.2 Å². The lowest BCUT2D eigenvalue weighted by Crippen LogP contribution is -2.31. The minimum Gasteiger partial charge on any atom is -0.465 e. The fourth-order valence-corrected chi connectivity index (χ4v) is 4.73. The molecule has 0 unspecified atom stereocenters. The molecule has 0 spiro atoms. The lowest BCUT2D eigenvalue weighted by molar-refractivity contribution is 0.0600. The second-order valence-electron chi connectivity index (χ2n) is 8.35. The maximum Gasteiger partial charge on any atom is 0.337 e. The van der Waals surface area contributed by atoms with E-state index in [-0.39, 0.29) is 5.97 Å². The van der Waals surface area contributed by atoms with E-state index >= 15 is 0 Å². The largest absolute Gasteiger partial charge is 0.465 e. The Morgan fingerprint density at radius 3 is 2.43 bits per heavy atom. The van der Waals surface area contributed by atoms with Crippen LogP contribution in [0.25, 0.3) is 10.9 Å². The average Bonchev–Trinajstić information content (AvgIpc) is 3.06. The van der Waals surface area contributed by atoms with Gasteiger partial charge in [0.2, 0.25) is 0 Å². The number of nitrogens with zero attached hydrogens (tertiary/aromatic N) is 2. The van der Waals surface area contributed by atoms with Crippen molar-refractivity contribution in [1.29, 1.82) is 0 Å². The van der Waals surface area contributed by atoms with Gasteiger partial charge in [-0.3, -0.25) is 0 Å². The smallest absolute Gasteiger partial charge is 0.337 e. The standard InChI is InChI=1S/C26H32N2O2/c1-20-24(19-21-11-13-22(14-12-21)26(29)30-2)23-9-4-5-10-25(23)28(20)18-8-17-27-15-6-3-7-16-27/h4-5,9-14H,3,6-8,15-19H2,1-2H3. The molecule has 2 heterocycles. The molecular weight excluding hydrogens is 372 g/mol. The fourth-order valence-electron chi connectivity index (χ4n) is 4.73. The number of aryl methyl sites for hydroxylation is 1. The van der Waals surface area contributed by atoms with Crippen LogP contribution in [0.15, 0.2) is 48.5 Å². The summed E-state index contributed by atoms with van der Waals surface area (Å²) in [5.74, 6) is -0.289. The predicted molar refractivity (Wildman–Crippen MR) is 122 cm³/mol. The number of hydrogen-bond acceptors (Lipinski definition) is 3. The molecule has 0 amide bonds. The van der Waals surface area contributed by atoms with Crippen LogP contribution in [-0.4, -0.2) is 42.2 Å². The number of methoxy groups -OCH3 is 1. The predicted octanol–water partition coefficient (Wildman–Crippen LogP) is 5.20. The summed E-state index contributed by atoms with van der Waals surface area (Å²) < 4.78 is 7.31. The Labute approximate surface area is 179 Å². The zero-order chi connectivity index (χ0) is 20.9. The maximum atomic E-state index is 11.7. The second kappa shape index (κ2) is 9.48. The normalized spacial score (nSPS) is 14.9. The summed E-state index contributed by atoms with van der Waals surface area (Å²) in [6.45, 7) is 7.02. The molecule has 1 aliphatic heterocycles. The molecule has 3 aromatic rings. The van der Waals surface area contributed by atoms with Crippen LogP contribution in [0.2, 0.25) is 0 Å². The molecule has 1 aromatic heterocycles. The Hall–Kier alpha value is -2.59. The van der Waals surface area contributed by atoms with E-state index in [4.69, 9.17) is 4.74 Å². The highest BCUT2D eigenvalue weighted by Gasteiger charge is 2.15. The molecule has 0 N–H and O–H groups in total. The van der Waals surface area contributed by atoms with Crippen molar-refractivity contribution in [2.45, 2.75) is 45.6 Å². The van der Waals surface area contributed by atoms with Gasteiger partial charge in [-0.25, -0.2) is 4.79 Å². The lowest BCUT2D eigenvalue weighted by atomic mass is 10.0. The second-order valence-corrected chi connectivity index (χ2v) is 8.35. The number of carbonyl (C=O) groups is 1. The molecule has 0 aliphatic carbocycles. The van der Waals surface area contributed by atoms with Gasteiger partial charge in [0.25, 0.3) is 0 Å². The lowest BCUT2D eigenvalue weighted by Gasteiger charge is -2.26. The van der Waals surface area contributed by atoms with Crippen molar-refractivity contribution in [2.24, 2.45) is 0 Å². The highest BCUT2D eigenvalue weighted by atomic mass is 16.5. The van der Waals surface area contributed by atoms with Crippen LogP contribution in [0.4, 0.5) is 0 Å². The van der Waals surface area contributed by atoms with E-state index in [0.717, 1.165) is 13.0 Å². The Kier molecular flexibility index (Phi) is 6.53. The van der Waals surface area contributed by atoms with Crippen LogP contribution in [0.1, 0.15) is 52.9 Å². The number of esters is 1. The Bertz CT molecular complexity index is 998. The summed E-state index contributed by atoms with van der Waals surface area (Å²) in [6.07, 6.45) is 6.15. The third-order valence-electron chi connectivity index (χ3n) is 6.42. The summed E-state index contributed by atoms with van der Waals surface area (Å²) in [6, 6.07) is 16.5. The first-order chi connectivity index (χ1) is 14.7. The van der Waals surface area contributed by atoms with Gasteiger partial charge in [-0.05, 0) is 81.6 Å². The molecular formula is C26H32N2O2. The monoisotopic (exact) mass is 404 g/mol. The molecule has 0 saturated carbocycles. The van der Waals surface area contributed by atoms with Crippen molar-refractivity contribution in [3.8, 4) is 0 Å². The minimum atomic E-state index is -0.289. The van der Waals surface area contributed by atoms with Crippen molar-refractivity contribution in [1.82, 2.24) is 9.47 Å². The zero-order valence-electron chi connectivity index (χ0n) is 18.2. The first kappa shape index (κ1) is 20.7. The Morgan fingerprint density at radius 1 is 0.967 bits per heavy atom. The molecule has 0 bridgehead atoms. The van der Waals surface area contributed by atoms with E-state index in [2.05, 4.69) is 40.7 Å². The molecule has 4 heteroatoms. The molecule has 1 aliphatic rings. The van der Waals surface area contributed by atoms with E-state index in [0.29, 0.717) is 5.56 Å². The fraction of sp³-hybridized carbons (Fsp3) is 0.423. The van der Waals surface area contributed by atoms with Crippen molar-refractivity contribution >= 4 is 16.9 Å². The molecule has 0 atom stereocenters. The average molecular weight is 405 g/mol. The van der Waals surface area contributed by atoms with E-state index in [1.165, 1.54) is 80.2 Å². The van der Waals surface area contributed by atoms with Gasteiger partial charge in [0, 0.05) is 23.1 Å². The van der Waals surface area contributed by atoms with Gasteiger partial charge in [-0.2, -0.15) is 0 Å². The summed E-state index contributed by atoms with van der Waals surface area (Å²) in [5, 5.41) is 1.34. The van der Waals surface area contributed by atoms with Crippen LogP contribution in [0, 0.1) is 6.92 Å². The quantitative estimate of drug-likeness (QED) is 0.508. The number of aromatic nitrogens is 1. The summed E-state index contributed by atoms with van der Waals surface area (Å²) in [4.78, 5) is 14.3. The van der Waals surface area contributed by atoms with E-state index in [9.17, 15) is 4.79 Å². The number of piperidine rings is 1. The van der Waals surface area contributed by atoms with Crippen molar-refractivity contribution in [3.63, 3.8) is 0 Å². The molecule has 4 rings (SSSR count). The number of ether oxygens (including phenoxy) is 1. The molecule has 30 heavy (non-hydrogen) atoms. The summed E-state index contributed by atoms with van der Waals surface area (Å²) in [5.41, 5.74) is 5.87. The van der Waals surface area contributed by atoms with Crippen LogP contribution in [-0.2, 0) is 17.7 Å². The highest BCUT2D eigenvalue weighted by molar-refractivity contribution is 5.89. The van der Waals surface area contributed by atoms with Gasteiger partial charge >= 0.3 is 5.97 Å². The first-order valence-electron chi connectivity index (χ1n) is 11.1. The van der Waals surface area contributed by atoms with Crippen LogP contribution in [0.3, 0.4) is 0 Å². The number of benzene rings is 2. The number of rotatable bonds is 7. The first-order valence-corrected chi connectivity index (χ1v) is 11.1. The molecule has 0 radical (unpaired) electrons. The number of likely N-dealkylation sites (tertiary alicyclic amines) is 1. The molecule has 1 saturated heterocycles. The number of fused-ring (bicyclic) bond motifs is 1. The van der Waals surface area contributed by atoms with Gasteiger partial charge in [0.05, 0.1) is 12.7 Å². The van der Waals surface area contributed by atoms with E-state index in [1.54, 1.807) is 0 Å². The Morgan fingerprint density at radius 2 is 1.70 bits per heavy atom. The SMILES string of the molecule is COC(=O)c1ccc(Cc2c(C)n(CCCN3CCCCC3)c3ccccc23)cc1. The molecule has 4 nitrogen and oxygen atoms in total. The Balaban J connectivity index is 1.53. The van der Waals surface area contributed by atoms with E-state index in [1.807, 2.05) is 24.3 Å². The zero-order valence-corrected chi connectivity index (χ0v) is 18.2. The van der Waals surface area contributed by atoms with Crippen LogP contribution < -0.4 is 0 Å². The molecule has 158 valence electrons. The highest BCUT2D eigenvalue weighted by Crippen LogP contribution is 2.28. The summed E-state index contributed by atoms with van der Waals surface area (Å²) >= 11 is 0. The van der Waals surface area contributed by atoms with Crippen LogP contribution >= 0.6 is 0 Å².